The Hall–Kier alpha value is -1.39. The van der Waals surface area contributed by atoms with Gasteiger partial charge in [-0.15, -0.1) is 0 Å². The lowest BCUT2D eigenvalue weighted by Crippen LogP contribution is -2.04. The molecule has 0 radical (unpaired) electrons. The minimum Gasteiger partial charge on any atom is -0.358 e. The monoisotopic (exact) mass is 169 g/mol. The predicted molar refractivity (Wildman–Crippen MR) is 44.0 cm³/mol. The average molecular weight is 169 g/mol. The molecule has 0 saturated carbocycles. The Morgan fingerprint density at radius 1 is 1.67 bits per heavy atom. The molecule has 0 aromatic carbocycles. The summed E-state index contributed by atoms with van der Waals surface area (Å²) in [5.74, 6) is -0.0822. The van der Waals surface area contributed by atoms with E-state index in [0.29, 0.717) is 0 Å². The van der Waals surface area contributed by atoms with Gasteiger partial charge < -0.3 is 10.1 Å². The molecule has 1 aromatic heterocycles. The molecule has 5 nitrogen and oxygen atoms in total. The van der Waals surface area contributed by atoms with Gasteiger partial charge in [-0.2, -0.15) is 4.68 Å². The van der Waals surface area contributed by atoms with E-state index in [1.54, 1.807) is 11.6 Å². The standard InChI is InChI=1S/C7H11N3O2/c1-5(2)9-6(3)4-7(8-9)10(11)12/h4-5H,1-3H3. The van der Waals surface area contributed by atoms with Crippen LogP contribution in [-0.4, -0.2) is 14.7 Å². The first-order valence-electron chi connectivity index (χ1n) is 3.73. The van der Waals surface area contributed by atoms with Crippen molar-refractivity contribution < 1.29 is 4.92 Å². The lowest BCUT2D eigenvalue weighted by molar-refractivity contribution is -0.389. The summed E-state index contributed by atoms with van der Waals surface area (Å²) >= 11 is 0. The second kappa shape index (κ2) is 2.92. The maximum absolute atomic E-state index is 10.3. The molecule has 0 aliphatic carbocycles. The molecule has 0 N–H and O–H groups in total. The van der Waals surface area contributed by atoms with Crippen LogP contribution in [0.1, 0.15) is 25.6 Å². The molecule has 0 amide bonds. The first-order chi connectivity index (χ1) is 5.52. The second-order valence-corrected chi connectivity index (χ2v) is 2.94. The summed E-state index contributed by atoms with van der Waals surface area (Å²) in [5, 5.41) is 14.1. The van der Waals surface area contributed by atoms with E-state index >= 15 is 0 Å². The van der Waals surface area contributed by atoms with Gasteiger partial charge in [-0.3, -0.25) is 0 Å². The fourth-order valence-electron chi connectivity index (χ4n) is 1.08. The molecular weight excluding hydrogens is 158 g/mol. The smallest absolute Gasteiger partial charge is 0.358 e. The second-order valence-electron chi connectivity index (χ2n) is 2.94. The topological polar surface area (TPSA) is 61.0 Å². The fourth-order valence-corrected chi connectivity index (χ4v) is 1.08. The van der Waals surface area contributed by atoms with Crippen molar-refractivity contribution in [3.63, 3.8) is 0 Å². The van der Waals surface area contributed by atoms with Gasteiger partial charge in [-0.05, 0) is 25.7 Å². The largest absolute Gasteiger partial charge is 0.390 e. The summed E-state index contributed by atoms with van der Waals surface area (Å²) < 4.78 is 1.64. The molecule has 66 valence electrons. The number of rotatable bonds is 2. The van der Waals surface area contributed by atoms with E-state index in [9.17, 15) is 10.1 Å². The Kier molecular flexibility index (Phi) is 2.12. The maximum atomic E-state index is 10.3. The molecule has 0 unspecified atom stereocenters. The third-order valence-corrected chi connectivity index (χ3v) is 1.59. The molecule has 5 heteroatoms. The summed E-state index contributed by atoms with van der Waals surface area (Å²) in [6, 6.07) is 1.64. The first kappa shape index (κ1) is 8.70. The van der Waals surface area contributed by atoms with Crippen LogP contribution in [0.15, 0.2) is 6.07 Å². The molecule has 1 heterocycles. The zero-order valence-electron chi connectivity index (χ0n) is 7.31. The van der Waals surface area contributed by atoms with Crippen LogP contribution in [0.25, 0.3) is 0 Å². The fraction of sp³-hybridized carbons (Fsp3) is 0.571. The van der Waals surface area contributed by atoms with Crippen LogP contribution in [0, 0.1) is 17.0 Å². The summed E-state index contributed by atoms with van der Waals surface area (Å²) in [5.41, 5.74) is 0.816. The number of aryl methyl sites for hydroxylation is 1. The molecule has 0 fully saturated rings. The van der Waals surface area contributed by atoms with Gasteiger partial charge in [0.05, 0.1) is 22.9 Å². The third-order valence-electron chi connectivity index (χ3n) is 1.59. The molecule has 0 aliphatic heterocycles. The summed E-state index contributed by atoms with van der Waals surface area (Å²) in [7, 11) is 0. The number of aromatic nitrogens is 2. The third kappa shape index (κ3) is 1.44. The van der Waals surface area contributed by atoms with Crippen LogP contribution in [-0.2, 0) is 0 Å². The number of hydrogen-bond acceptors (Lipinski definition) is 3. The molecule has 0 saturated heterocycles. The van der Waals surface area contributed by atoms with Crippen molar-refractivity contribution in [1.29, 1.82) is 0 Å². The Balaban J connectivity index is 3.09. The zero-order chi connectivity index (χ0) is 9.30. The van der Waals surface area contributed by atoms with Crippen LogP contribution >= 0.6 is 0 Å². The van der Waals surface area contributed by atoms with Crippen molar-refractivity contribution in [3.05, 3.63) is 21.9 Å². The zero-order valence-corrected chi connectivity index (χ0v) is 7.31. The van der Waals surface area contributed by atoms with Crippen molar-refractivity contribution in [2.24, 2.45) is 0 Å². The molecule has 1 rings (SSSR count). The van der Waals surface area contributed by atoms with Gasteiger partial charge in [0.1, 0.15) is 0 Å². The van der Waals surface area contributed by atoms with E-state index in [4.69, 9.17) is 0 Å². The summed E-state index contributed by atoms with van der Waals surface area (Å²) in [6.07, 6.45) is 0. The van der Waals surface area contributed by atoms with Crippen molar-refractivity contribution in [2.75, 3.05) is 0 Å². The van der Waals surface area contributed by atoms with E-state index in [-0.39, 0.29) is 11.9 Å². The predicted octanol–water partition coefficient (Wildman–Crippen LogP) is 1.68. The van der Waals surface area contributed by atoms with Gasteiger partial charge in [0.15, 0.2) is 0 Å². The highest BCUT2D eigenvalue weighted by Gasteiger charge is 2.16. The summed E-state index contributed by atoms with van der Waals surface area (Å²) in [6.45, 7) is 5.67. The van der Waals surface area contributed by atoms with Gasteiger partial charge in [0.25, 0.3) is 0 Å². The van der Waals surface area contributed by atoms with Crippen LogP contribution in [0.5, 0.6) is 0 Å². The number of nitro groups is 1. The number of nitrogens with zero attached hydrogens (tertiary/aromatic N) is 3. The van der Waals surface area contributed by atoms with Gasteiger partial charge in [-0.1, -0.05) is 0 Å². The van der Waals surface area contributed by atoms with Gasteiger partial charge in [0, 0.05) is 0 Å². The van der Waals surface area contributed by atoms with Crippen molar-refractivity contribution in [3.8, 4) is 0 Å². The Morgan fingerprint density at radius 2 is 2.25 bits per heavy atom. The van der Waals surface area contributed by atoms with Crippen LogP contribution < -0.4 is 0 Å². The van der Waals surface area contributed by atoms with E-state index in [0.717, 1.165) is 5.69 Å². The maximum Gasteiger partial charge on any atom is 0.390 e. The highest BCUT2D eigenvalue weighted by Crippen LogP contribution is 2.14. The Bertz CT molecular complexity index is 304. The lowest BCUT2D eigenvalue weighted by atomic mass is 10.4. The summed E-state index contributed by atoms with van der Waals surface area (Å²) in [4.78, 5) is 9.84. The van der Waals surface area contributed by atoms with Crippen LogP contribution in [0.4, 0.5) is 5.82 Å². The van der Waals surface area contributed by atoms with E-state index in [2.05, 4.69) is 5.10 Å². The number of hydrogen-bond donors (Lipinski definition) is 0. The van der Waals surface area contributed by atoms with Crippen LogP contribution in [0.3, 0.4) is 0 Å². The first-order valence-corrected chi connectivity index (χ1v) is 3.73. The van der Waals surface area contributed by atoms with Gasteiger partial charge in [-0.25, -0.2) is 0 Å². The molecule has 12 heavy (non-hydrogen) atoms. The lowest BCUT2D eigenvalue weighted by Gasteiger charge is -2.00. The quantitative estimate of drug-likeness (QED) is 0.499. The van der Waals surface area contributed by atoms with Crippen molar-refractivity contribution in [1.82, 2.24) is 9.78 Å². The minimum absolute atomic E-state index is 0.0822. The van der Waals surface area contributed by atoms with E-state index in [1.807, 2.05) is 13.8 Å². The Labute approximate surface area is 70.2 Å². The molecule has 0 spiro atoms. The van der Waals surface area contributed by atoms with Crippen LogP contribution in [0.2, 0.25) is 0 Å². The Morgan fingerprint density at radius 3 is 2.50 bits per heavy atom. The van der Waals surface area contributed by atoms with E-state index in [1.165, 1.54) is 6.07 Å². The molecule has 0 aliphatic rings. The molecular formula is C7H11N3O2. The highest BCUT2D eigenvalue weighted by molar-refractivity contribution is 5.21. The van der Waals surface area contributed by atoms with Gasteiger partial charge >= 0.3 is 5.82 Å². The minimum atomic E-state index is -0.480. The van der Waals surface area contributed by atoms with Crippen molar-refractivity contribution in [2.45, 2.75) is 26.8 Å². The van der Waals surface area contributed by atoms with Gasteiger partial charge in [0.2, 0.25) is 0 Å². The SMILES string of the molecule is Cc1cc([N+](=O)[O-])nn1C(C)C. The highest BCUT2D eigenvalue weighted by atomic mass is 16.6. The van der Waals surface area contributed by atoms with Crippen molar-refractivity contribution >= 4 is 5.82 Å². The molecule has 1 aromatic rings. The average Bonchev–Trinajstić information content (AvgIpc) is 2.30. The van der Waals surface area contributed by atoms with E-state index < -0.39 is 4.92 Å². The molecule has 0 bridgehead atoms. The molecule has 0 atom stereocenters. The normalized spacial score (nSPS) is 10.7.